The zero-order valence-corrected chi connectivity index (χ0v) is 22.1. The Labute approximate surface area is 223 Å². The molecule has 1 saturated heterocycles. The number of methoxy groups -OCH3 is 2. The number of hydrogen-bond donors (Lipinski definition) is 1. The zero-order valence-electron chi connectivity index (χ0n) is 21.3. The van der Waals surface area contributed by atoms with Gasteiger partial charge in [0.25, 0.3) is 5.78 Å². The number of rotatable bonds is 8. The second-order valence-electron chi connectivity index (χ2n) is 8.42. The number of carbonyl (C=O) groups is 3. The Morgan fingerprint density at radius 2 is 1.87 bits per heavy atom. The van der Waals surface area contributed by atoms with Gasteiger partial charge in [0.2, 0.25) is 0 Å². The van der Waals surface area contributed by atoms with Crippen LogP contribution in [-0.4, -0.2) is 48.6 Å². The molecule has 2 aromatic carbocycles. The SMILES string of the molecule is C=CCOc1ccc(/C(O)=C2\C(=O)C(=O)N(c3nc(C)c(C(=O)OC)s3)C2c2ccc(OC)cc2)cc1C. The molecule has 0 aliphatic carbocycles. The van der Waals surface area contributed by atoms with Gasteiger partial charge in [-0.1, -0.05) is 36.1 Å². The van der Waals surface area contributed by atoms with Crippen LogP contribution in [-0.2, 0) is 14.3 Å². The van der Waals surface area contributed by atoms with Gasteiger partial charge in [0.1, 0.15) is 28.7 Å². The topological polar surface area (TPSA) is 115 Å². The van der Waals surface area contributed by atoms with Crippen molar-refractivity contribution in [2.24, 2.45) is 0 Å². The normalized spacial score (nSPS) is 16.4. The Hall–Kier alpha value is -4.44. The highest BCUT2D eigenvalue weighted by Gasteiger charge is 2.48. The third-order valence-corrected chi connectivity index (χ3v) is 7.18. The summed E-state index contributed by atoms with van der Waals surface area (Å²) in [7, 11) is 2.78. The second kappa shape index (κ2) is 10.9. The number of ketones is 1. The molecule has 1 atom stereocenters. The van der Waals surface area contributed by atoms with Crippen LogP contribution in [0.3, 0.4) is 0 Å². The first-order chi connectivity index (χ1) is 18.2. The molecular weight excluding hydrogens is 508 g/mol. The van der Waals surface area contributed by atoms with Crippen LogP contribution in [0.4, 0.5) is 5.13 Å². The first-order valence-corrected chi connectivity index (χ1v) is 12.4. The zero-order chi connectivity index (χ0) is 27.6. The third kappa shape index (κ3) is 4.78. The van der Waals surface area contributed by atoms with E-state index in [1.54, 1.807) is 62.4 Å². The number of aromatic nitrogens is 1. The highest BCUT2D eigenvalue weighted by atomic mass is 32.1. The number of thiazole rings is 1. The molecule has 1 fully saturated rings. The summed E-state index contributed by atoms with van der Waals surface area (Å²) in [5, 5.41) is 11.5. The van der Waals surface area contributed by atoms with Crippen molar-refractivity contribution < 1.29 is 33.7 Å². The summed E-state index contributed by atoms with van der Waals surface area (Å²) in [6.45, 7) is 7.37. The van der Waals surface area contributed by atoms with Gasteiger partial charge in [-0.2, -0.15) is 0 Å². The summed E-state index contributed by atoms with van der Waals surface area (Å²) in [6.07, 6.45) is 1.62. The molecule has 1 aliphatic heterocycles. The number of amides is 1. The van der Waals surface area contributed by atoms with Gasteiger partial charge < -0.3 is 19.3 Å². The van der Waals surface area contributed by atoms with Crippen LogP contribution < -0.4 is 14.4 Å². The quantitative estimate of drug-likeness (QED) is 0.145. The number of Topliss-reactive ketones (excluding diaryl/α,β-unsaturated/α-hetero) is 1. The number of carbonyl (C=O) groups excluding carboxylic acids is 3. The lowest BCUT2D eigenvalue weighted by molar-refractivity contribution is -0.132. The van der Waals surface area contributed by atoms with Crippen molar-refractivity contribution in [3.63, 3.8) is 0 Å². The maximum atomic E-state index is 13.4. The molecule has 38 heavy (non-hydrogen) atoms. The van der Waals surface area contributed by atoms with Crippen LogP contribution >= 0.6 is 11.3 Å². The van der Waals surface area contributed by atoms with E-state index in [0.717, 1.165) is 16.9 Å². The van der Waals surface area contributed by atoms with Gasteiger partial charge in [0, 0.05) is 5.56 Å². The average Bonchev–Trinajstić information content (AvgIpc) is 3.43. The van der Waals surface area contributed by atoms with Crippen molar-refractivity contribution in [3.05, 3.63) is 88.0 Å². The number of aliphatic hydroxyl groups excluding tert-OH is 1. The van der Waals surface area contributed by atoms with Crippen LogP contribution in [0.5, 0.6) is 11.5 Å². The molecule has 0 radical (unpaired) electrons. The fourth-order valence-electron chi connectivity index (χ4n) is 4.16. The Morgan fingerprint density at radius 1 is 1.16 bits per heavy atom. The Bertz CT molecular complexity index is 1460. The monoisotopic (exact) mass is 534 g/mol. The standard InChI is InChI=1S/C28H26N2O7S/c1-6-13-37-20-12-9-18(14-15(20)2)23(31)21-22(17-7-10-19(35-4)11-8-17)30(26(33)24(21)32)28-29-16(3)25(38-28)27(34)36-5/h6-12,14,22,31H,1,13H2,2-5H3/b23-21+. The smallest absolute Gasteiger partial charge is 0.350 e. The lowest BCUT2D eigenvalue weighted by Crippen LogP contribution is -2.29. The second-order valence-corrected chi connectivity index (χ2v) is 9.40. The molecule has 3 aromatic rings. The maximum absolute atomic E-state index is 13.4. The maximum Gasteiger partial charge on any atom is 0.350 e. The van der Waals surface area contributed by atoms with Crippen molar-refractivity contribution in [2.45, 2.75) is 19.9 Å². The molecule has 1 aliphatic rings. The molecule has 1 unspecified atom stereocenters. The highest BCUT2D eigenvalue weighted by Crippen LogP contribution is 2.44. The van der Waals surface area contributed by atoms with Crippen LogP contribution in [0.2, 0.25) is 0 Å². The van der Waals surface area contributed by atoms with Gasteiger partial charge in [-0.3, -0.25) is 14.5 Å². The van der Waals surface area contributed by atoms with Crippen LogP contribution in [0.15, 0.2) is 60.7 Å². The Morgan fingerprint density at radius 3 is 2.47 bits per heavy atom. The van der Waals surface area contributed by atoms with Gasteiger partial charge in [-0.25, -0.2) is 9.78 Å². The number of hydrogen-bond acceptors (Lipinski definition) is 9. The minimum Gasteiger partial charge on any atom is -0.507 e. The molecule has 0 saturated carbocycles. The molecule has 9 nitrogen and oxygen atoms in total. The highest BCUT2D eigenvalue weighted by molar-refractivity contribution is 7.17. The number of aryl methyl sites for hydroxylation is 2. The van der Waals surface area contributed by atoms with Gasteiger partial charge in [0.15, 0.2) is 5.13 Å². The number of ether oxygens (including phenoxy) is 3. The number of aliphatic hydroxyl groups is 1. The third-order valence-electron chi connectivity index (χ3n) is 6.04. The van der Waals surface area contributed by atoms with Gasteiger partial charge in [0.05, 0.1) is 31.5 Å². The van der Waals surface area contributed by atoms with E-state index in [1.165, 1.54) is 19.1 Å². The molecule has 1 amide bonds. The molecule has 1 N–H and O–H groups in total. The van der Waals surface area contributed by atoms with E-state index in [0.29, 0.717) is 34.9 Å². The van der Waals surface area contributed by atoms with E-state index in [2.05, 4.69) is 11.6 Å². The van der Waals surface area contributed by atoms with E-state index in [-0.39, 0.29) is 21.3 Å². The fourth-order valence-corrected chi connectivity index (χ4v) is 5.17. The van der Waals surface area contributed by atoms with E-state index in [9.17, 15) is 19.5 Å². The predicted octanol–water partition coefficient (Wildman–Crippen LogP) is 4.75. The summed E-state index contributed by atoms with van der Waals surface area (Å²) in [5.41, 5.74) is 1.87. The van der Waals surface area contributed by atoms with Crippen molar-refractivity contribution in [1.82, 2.24) is 4.98 Å². The predicted molar refractivity (Wildman–Crippen MR) is 143 cm³/mol. The summed E-state index contributed by atoms with van der Waals surface area (Å²) < 4.78 is 15.7. The molecule has 4 rings (SSSR count). The molecule has 0 spiro atoms. The summed E-state index contributed by atoms with van der Waals surface area (Å²) in [4.78, 5) is 44.8. The summed E-state index contributed by atoms with van der Waals surface area (Å²) in [6, 6.07) is 10.8. The van der Waals surface area contributed by atoms with Crippen LogP contribution in [0, 0.1) is 13.8 Å². The van der Waals surface area contributed by atoms with Crippen LogP contribution in [0.25, 0.3) is 5.76 Å². The Balaban J connectivity index is 1.89. The molecule has 10 heteroatoms. The van der Waals surface area contributed by atoms with E-state index in [4.69, 9.17) is 14.2 Å². The number of anilines is 1. The molecule has 1 aromatic heterocycles. The van der Waals surface area contributed by atoms with E-state index >= 15 is 0 Å². The first kappa shape index (κ1) is 26.6. The minimum absolute atomic E-state index is 0.105. The Kier molecular flexibility index (Phi) is 7.63. The summed E-state index contributed by atoms with van der Waals surface area (Å²) in [5.74, 6) is -1.51. The minimum atomic E-state index is -1.01. The first-order valence-electron chi connectivity index (χ1n) is 11.6. The molecule has 0 bridgehead atoms. The largest absolute Gasteiger partial charge is 0.507 e. The van der Waals surface area contributed by atoms with E-state index in [1.807, 2.05) is 0 Å². The molecule has 196 valence electrons. The van der Waals surface area contributed by atoms with Crippen molar-refractivity contribution in [3.8, 4) is 11.5 Å². The number of benzene rings is 2. The van der Waals surface area contributed by atoms with Gasteiger partial charge in [-0.05, 0) is 55.3 Å². The van der Waals surface area contributed by atoms with Gasteiger partial charge in [-0.15, -0.1) is 0 Å². The van der Waals surface area contributed by atoms with Crippen molar-refractivity contribution >= 4 is 39.9 Å². The number of esters is 1. The average molecular weight is 535 g/mol. The van der Waals surface area contributed by atoms with Crippen molar-refractivity contribution in [1.29, 1.82) is 0 Å². The molecule has 2 heterocycles. The molecular formula is C28H26N2O7S. The lowest BCUT2D eigenvalue weighted by atomic mass is 9.95. The number of nitrogens with zero attached hydrogens (tertiary/aromatic N) is 2. The van der Waals surface area contributed by atoms with E-state index < -0.39 is 23.7 Å². The fraction of sp³-hybridized carbons (Fsp3) is 0.214. The van der Waals surface area contributed by atoms with Gasteiger partial charge >= 0.3 is 11.9 Å². The van der Waals surface area contributed by atoms with Crippen LogP contribution in [0.1, 0.15) is 38.1 Å². The summed E-state index contributed by atoms with van der Waals surface area (Å²) >= 11 is 0.937. The lowest BCUT2D eigenvalue weighted by Gasteiger charge is -2.23. The van der Waals surface area contributed by atoms with Crippen molar-refractivity contribution in [2.75, 3.05) is 25.7 Å².